The Morgan fingerprint density at radius 1 is 0.852 bits per heavy atom. The molecule has 0 radical (unpaired) electrons. The number of aldehydes is 1. The van der Waals surface area contributed by atoms with Crippen molar-refractivity contribution < 1.29 is 14.4 Å². The van der Waals surface area contributed by atoms with E-state index in [4.69, 9.17) is 24.4 Å². The molecule has 5 nitrogen and oxygen atoms in total. The Kier molecular flexibility index (Phi) is 16.2. The molecule has 0 heterocycles. The number of hydrogen-bond donors (Lipinski definition) is 1. The van der Waals surface area contributed by atoms with Gasteiger partial charge in [0.25, 0.3) is 0 Å². The number of hydrogen-bond acceptors (Lipinski definition) is 5. The highest BCUT2D eigenvalue weighted by molar-refractivity contribution is 7.89. The van der Waals surface area contributed by atoms with Crippen molar-refractivity contribution in [2.75, 3.05) is 6.54 Å². The number of nitrogens with zero attached hydrogens (tertiary/aromatic N) is 1. The largest absolute Gasteiger partial charge is 0.315 e. The zero-order chi connectivity index (χ0) is 20.5. The average molecular weight is 415 g/mol. The van der Waals surface area contributed by atoms with Crippen molar-refractivity contribution >= 4 is 52.5 Å². The van der Waals surface area contributed by atoms with Crippen LogP contribution in [0.3, 0.4) is 0 Å². The highest BCUT2D eigenvalue weighted by atomic mass is 32.1. The smallest absolute Gasteiger partial charge is 0.228 e. The fourth-order valence-corrected chi connectivity index (χ4v) is 3.09. The molecule has 0 saturated carbocycles. The molecule has 0 saturated heterocycles. The van der Waals surface area contributed by atoms with E-state index < -0.39 is 0 Å². The van der Waals surface area contributed by atoms with E-state index in [0.29, 0.717) is 19.1 Å². The van der Waals surface area contributed by atoms with Gasteiger partial charge in [-0.2, -0.15) is 0 Å². The Bertz CT molecular complexity index is 496. The van der Waals surface area contributed by atoms with E-state index >= 15 is 0 Å². The molecule has 27 heavy (non-hydrogen) atoms. The van der Waals surface area contributed by atoms with E-state index in [1.54, 1.807) is 0 Å². The Hall–Kier alpha value is -1.21. The molecule has 0 rings (SSSR count). The van der Waals surface area contributed by atoms with Crippen molar-refractivity contribution in [2.45, 2.75) is 90.9 Å². The SMILES string of the molecule is CCCCCCCC(=O)NC(=S)C(=S)N(CC=O)C(=O)CCCCCCC. The van der Waals surface area contributed by atoms with Gasteiger partial charge in [0.05, 0.1) is 6.54 Å². The number of rotatable bonds is 14. The second-order valence-corrected chi connectivity index (χ2v) is 7.48. The van der Waals surface area contributed by atoms with Gasteiger partial charge >= 0.3 is 0 Å². The second kappa shape index (κ2) is 16.9. The van der Waals surface area contributed by atoms with Crippen LogP contribution in [0.15, 0.2) is 0 Å². The van der Waals surface area contributed by atoms with Crippen molar-refractivity contribution in [3.8, 4) is 0 Å². The summed E-state index contributed by atoms with van der Waals surface area (Å²) in [5.74, 6) is -0.420. The van der Waals surface area contributed by atoms with Gasteiger partial charge in [-0.15, -0.1) is 0 Å². The van der Waals surface area contributed by atoms with Gasteiger partial charge in [0.1, 0.15) is 16.3 Å². The first-order chi connectivity index (χ1) is 13.0. The summed E-state index contributed by atoms with van der Waals surface area (Å²) in [6.07, 6.45) is 11.7. The minimum absolute atomic E-state index is 0.0461. The Morgan fingerprint density at radius 2 is 1.37 bits per heavy atom. The van der Waals surface area contributed by atoms with Crippen molar-refractivity contribution in [3.05, 3.63) is 0 Å². The molecule has 1 N–H and O–H groups in total. The molecule has 0 fully saturated rings. The molecular formula is C20H34N2O3S2. The fraction of sp³-hybridized carbons (Fsp3) is 0.750. The number of unbranched alkanes of at least 4 members (excludes halogenated alkanes) is 8. The summed E-state index contributed by atoms with van der Waals surface area (Å²) >= 11 is 10.4. The predicted molar refractivity (Wildman–Crippen MR) is 118 cm³/mol. The van der Waals surface area contributed by atoms with Gasteiger partial charge in [-0.05, 0) is 12.8 Å². The third-order valence-corrected chi connectivity index (χ3v) is 5.10. The van der Waals surface area contributed by atoms with Gasteiger partial charge in [0, 0.05) is 12.8 Å². The van der Waals surface area contributed by atoms with Crippen molar-refractivity contribution in [2.24, 2.45) is 0 Å². The molecule has 0 aromatic rings. The maximum absolute atomic E-state index is 12.4. The lowest BCUT2D eigenvalue weighted by Crippen LogP contribution is -2.46. The van der Waals surface area contributed by atoms with E-state index in [1.807, 2.05) is 0 Å². The van der Waals surface area contributed by atoms with Crippen LogP contribution < -0.4 is 5.32 Å². The van der Waals surface area contributed by atoms with Crippen molar-refractivity contribution in [1.29, 1.82) is 0 Å². The van der Waals surface area contributed by atoms with E-state index in [0.717, 1.165) is 57.8 Å². The maximum Gasteiger partial charge on any atom is 0.228 e. The van der Waals surface area contributed by atoms with E-state index in [2.05, 4.69) is 19.2 Å². The third-order valence-electron chi connectivity index (χ3n) is 4.25. The molecule has 0 aliphatic rings. The van der Waals surface area contributed by atoms with E-state index in [9.17, 15) is 14.4 Å². The number of nitrogens with one attached hydrogen (secondary N) is 1. The topological polar surface area (TPSA) is 66.5 Å². The lowest BCUT2D eigenvalue weighted by Gasteiger charge is -2.21. The molecule has 7 heteroatoms. The van der Waals surface area contributed by atoms with Gasteiger partial charge in [-0.1, -0.05) is 89.6 Å². The van der Waals surface area contributed by atoms with Gasteiger partial charge in [0.2, 0.25) is 11.8 Å². The van der Waals surface area contributed by atoms with Gasteiger partial charge in [-0.25, -0.2) is 0 Å². The molecule has 0 aliphatic carbocycles. The Morgan fingerprint density at radius 3 is 1.89 bits per heavy atom. The molecule has 2 amide bonds. The third kappa shape index (κ3) is 12.7. The fourth-order valence-electron chi connectivity index (χ4n) is 2.64. The van der Waals surface area contributed by atoms with Crippen LogP contribution in [0.25, 0.3) is 0 Å². The first kappa shape index (κ1) is 25.8. The van der Waals surface area contributed by atoms with Crippen molar-refractivity contribution in [3.63, 3.8) is 0 Å². The molecule has 0 aliphatic heterocycles. The van der Waals surface area contributed by atoms with Crippen molar-refractivity contribution in [1.82, 2.24) is 10.2 Å². The normalized spacial score (nSPS) is 10.3. The number of carbonyl (C=O) groups excluding carboxylic acids is 3. The predicted octanol–water partition coefficient (Wildman–Crippen LogP) is 4.51. The van der Waals surface area contributed by atoms with Crippen LogP contribution in [0.5, 0.6) is 0 Å². The molecule has 0 spiro atoms. The summed E-state index contributed by atoms with van der Waals surface area (Å²) < 4.78 is 0. The Balaban J connectivity index is 4.40. The summed E-state index contributed by atoms with van der Waals surface area (Å²) in [6.45, 7) is 4.14. The number of carbonyl (C=O) groups is 3. The summed E-state index contributed by atoms with van der Waals surface area (Å²) in [5.41, 5.74) is 0. The van der Waals surface area contributed by atoms with Gasteiger partial charge in [-0.3, -0.25) is 14.5 Å². The molecule has 0 aromatic heterocycles. The Labute approximate surface area is 174 Å². The van der Waals surface area contributed by atoms with Crippen LogP contribution in [0, 0.1) is 0 Å². The number of amides is 2. The molecule has 0 atom stereocenters. The van der Waals surface area contributed by atoms with Gasteiger partial charge < -0.3 is 10.1 Å². The zero-order valence-corrected chi connectivity index (χ0v) is 18.4. The highest BCUT2D eigenvalue weighted by Crippen LogP contribution is 2.08. The summed E-state index contributed by atoms with van der Waals surface area (Å²) in [4.78, 5) is 36.6. The molecule has 0 unspecified atom stereocenters. The van der Waals surface area contributed by atoms with E-state index in [-0.39, 0.29) is 28.3 Å². The minimum atomic E-state index is -0.222. The highest BCUT2D eigenvalue weighted by Gasteiger charge is 2.21. The molecular weight excluding hydrogens is 380 g/mol. The zero-order valence-electron chi connectivity index (χ0n) is 16.8. The lowest BCUT2D eigenvalue weighted by atomic mass is 10.1. The summed E-state index contributed by atoms with van der Waals surface area (Å²) in [7, 11) is 0. The van der Waals surface area contributed by atoms with Crippen LogP contribution in [0.4, 0.5) is 0 Å². The molecule has 0 aromatic carbocycles. The first-order valence-electron chi connectivity index (χ1n) is 10.1. The van der Waals surface area contributed by atoms with Crippen LogP contribution in [-0.2, 0) is 14.4 Å². The second-order valence-electron chi connectivity index (χ2n) is 6.68. The van der Waals surface area contributed by atoms with E-state index in [1.165, 1.54) is 11.3 Å². The van der Waals surface area contributed by atoms with Crippen LogP contribution in [0.1, 0.15) is 90.9 Å². The summed E-state index contributed by atoms with van der Waals surface area (Å²) in [5, 5.41) is 2.59. The van der Waals surface area contributed by atoms with Crippen LogP contribution in [0.2, 0.25) is 0 Å². The average Bonchev–Trinajstić information content (AvgIpc) is 2.65. The maximum atomic E-state index is 12.4. The summed E-state index contributed by atoms with van der Waals surface area (Å²) in [6, 6.07) is 0. The van der Waals surface area contributed by atoms with Gasteiger partial charge in [0.15, 0.2) is 0 Å². The molecule has 154 valence electrons. The molecule has 0 bridgehead atoms. The van der Waals surface area contributed by atoms with Crippen LogP contribution >= 0.6 is 24.4 Å². The quantitative estimate of drug-likeness (QED) is 0.257. The lowest BCUT2D eigenvalue weighted by molar-refractivity contribution is -0.129. The number of thiocarbonyl (C=S) groups is 2. The minimum Gasteiger partial charge on any atom is -0.315 e. The monoisotopic (exact) mass is 414 g/mol. The standard InChI is InChI=1S/C20H34N2O3S2/c1-3-5-7-9-11-13-17(24)21-19(26)20(27)22(15-16-23)18(25)14-12-10-8-6-4-2/h16H,3-15H2,1-2H3,(H,21,24,26). The van der Waals surface area contributed by atoms with Crippen LogP contribution in [-0.4, -0.2) is 39.5 Å². The first-order valence-corrected chi connectivity index (χ1v) is 10.9.